The number of carbonyl (C=O) groups excluding carboxylic acids is 1. The summed E-state index contributed by atoms with van der Waals surface area (Å²) in [6, 6.07) is 17.3. The predicted molar refractivity (Wildman–Crippen MR) is 99.6 cm³/mol. The molecule has 0 bridgehead atoms. The average Bonchev–Trinajstić information content (AvgIpc) is 2.77. The van der Waals surface area contributed by atoms with Crippen LogP contribution in [-0.4, -0.2) is 24.2 Å². The van der Waals surface area contributed by atoms with Crippen molar-refractivity contribution < 1.29 is 14.1 Å². The van der Waals surface area contributed by atoms with Crippen molar-refractivity contribution in [1.82, 2.24) is 0 Å². The molecule has 1 aliphatic heterocycles. The molecule has 25 heavy (non-hydrogen) atoms. The Bertz CT molecular complexity index is 740. The van der Waals surface area contributed by atoms with Crippen molar-refractivity contribution in [1.29, 1.82) is 0 Å². The highest BCUT2D eigenvalue weighted by molar-refractivity contribution is 6.62. The molecule has 0 spiro atoms. The van der Waals surface area contributed by atoms with E-state index in [9.17, 15) is 4.79 Å². The lowest BCUT2D eigenvalue weighted by molar-refractivity contribution is -0.118. The Balaban J connectivity index is 1.86. The molecule has 2 N–H and O–H groups in total. The van der Waals surface area contributed by atoms with Crippen molar-refractivity contribution >= 4 is 18.5 Å². The molecule has 0 aromatic heterocycles. The predicted octanol–water partition coefficient (Wildman–Crippen LogP) is 2.60. The van der Waals surface area contributed by atoms with Crippen LogP contribution >= 0.6 is 0 Å². The van der Waals surface area contributed by atoms with Crippen molar-refractivity contribution in [3.8, 4) is 0 Å². The molecule has 0 saturated carbocycles. The molecule has 1 heterocycles. The third kappa shape index (κ3) is 3.35. The molecular weight excluding hydrogens is 313 g/mol. The summed E-state index contributed by atoms with van der Waals surface area (Å²) in [6.45, 7) is 8.11. The molecule has 2 aromatic rings. The maximum absolute atomic E-state index is 12.0. The number of hydrogen-bond acceptors (Lipinski definition) is 3. The summed E-state index contributed by atoms with van der Waals surface area (Å²) < 4.78 is 12.1. The molecule has 1 atom stereocenters. The van der Waals surface area contributed by atoms with E-state index in [1.54, 1.807) is 0 Å². The molecule has 1 unspecified atom stereocenters. The molecule has 0 radical (unpaired) electrons. The van der Waals surface area contributed by atoms with Crippen LogP contribution in [0.15, 0.2) is 54.6 Å². The molecule has 130 valence electrons. The Morgan fingerprint density at radius 3 is 1.84 bits per heavy atom. The second-order valence-electron chi connectivity index (χ2n) is 7.50. The van der Waals surface area contributed by atoms with Gasteiger partial charge in [0.05, 0.1) is 17.1 Å². The first-order valence-electron chi connectivity index (χ1n) is 8.51. The molecule has 1 amide bonds. The Labute approximate surface area is 149 Å². The van der Waals surface area contributed by atoms with Gasteiger partial charge in [-0.15, -0.1) is 0 Å². The van der Waals surface area contributed by atoms with Crippen LogP contribution in [0.2, 0.25) is 0 Å². The topological polar surface area (TPSA) is 61.5 Å². The molecule has 1 aliphatic rings. The van der Waals surface area contributed by atoms with Crippen LogP contribution in [0.25, 0.3) is 0 Å². The lowest BCUT2D eigenvalue weighted by Gasteiger charge is -2.32. The van der Waals surface area contributed by atoms with Gasteiger partial charge in [0.15, 0.2) is 0 Å². The quantitative estimate of drug-likeness (QED) is 0.873. The van der Waals surface area contributed by atoms with Crippen molar-refractivity contribution in [2.45, 2.75) is 44.8 Å². The van der Waals surface area contributed by atoms with E-state index in [0.717, 1.165) is 16.6 Å². The maximum atomic E-state index is 12.0. The monoisotopic (exact) mass is 337 g/mol. The standard InChI is InChI=1S/C20H24BNO3/c1-19(2)20(3,4)25-21(24-19)16-12-10-15(11-13-16)17(18(22)23)14-8-6-5-7-9-14/h5-13,17H,1-4H3,(H2,22,23). The van der Waals surface area contributed by atoms with E-state index in [1.807, 2.05) is 82.3 Å². The van der Waals surface area contributed by atoms with Gasteiger partial charge in [-0.3, -0.25) is 4.79 Å². The number of benzene rings is 2. The molecule has 3 rings (SSSR count). The summed E-state index contributed by atoms with van der Waals surface area (Å²) in [5.41, 5.74) is 7.56. The third-order valence-electron chi connectivity index (χ3n) is 5.21. The molecule has 1 fully saturated rings. The van der Waals surface area contributed by atoms with Crippen molar-refractivity contribution in [3.63, 3.8) is 0 Å². The van der Waals surface area contributed by atoms with E-state index in [-0.39, 0.29) is 17.1 Å². The maximum Gasteiger partial charge on any atom is 0.494 e. The van der Waals surface area contributed by atoms with E-state index >= 15 is 0 Å². The fraction of sp³-hybridized carbons (Fsp3) is 0.350. The lowest BCUT2D eigenvalue weighted by atomic mass is 9.78. The zero-order chi connectivity index (χ0) is 18.2. The highest BCUT2D eigenvalue weighted by atomic mass is 16.7. The van der Waals surface area contributed by atoms with E-state index in [1.165, 1.54) is 0 Å². The first-order valence-corrected chi connectivity index (χ1v) is 8.51. The normalized spacial score (nSPS) is 19.6. The van der Waals surface area contributed by atoms with Gasteiger partial charge >= 0.3 is 7.12 Å². The first-order chi connectivity index (χ1) is 11.7. The van der Waals surface area contributed by atoms with Gasteiger partial charge in [0.25, 0.3) is 0 Å². The van der Waals surface area contributed by atoms with Gasteiger partial charge < -0.3 is 15.0 Å². The molecule has 1 saturated heterocycles. The molecule has 2 aromatic carbocycles. The zero-order valence-electron chi connectivity index (χ0n) is 15.2. The smallest absolute Gasteiger partial charge is 0.399 e. The van der Waals surface area contributed by atoms with Crippen LogP contribution in [0.4, 0.5) is 0 Å². The van der Waals surface area contributed by atoms with Gasteiger partial charge in [-0.05, 0) is 44.3 Å². The molecule has 4 nitrogen and oxygen atoms in total. The van der Waals surface area contributed by atoms with Crippen LogP contribution in [0, 0.1) is 0 Å². The van der Waals surface area contributed by atoms with Crippen molar-refractivity contribution in [2.24, 2.45) is 5.73 Å². The molecular formula is C20H24BNO3. The van der Waals surface area contributed by atoms with E-state index in [4.69, 9.17) is 15.0 Å². The van der Waals surface area contributed by atoms with E-state index in [0.29, 0.717) is 0 Å². The third-order valence-corrected chi connectivity index (χ3v) is 5.21. The summed E-state index contributed by atoms with van der Waals surface area (Å²) in [6.07, 6.45) is 0. The van der Waals surface area contributed by atoms with Gasteiger partial charge in [-0.2, -0.15) is 0 Å². The van der Waals surface area contributed by atoms with Crippen LogP contribution < -0.4 is 11.2 Å². The highest BCUT2D eigenvalue weighted by Crippen LogP contribution is 2.36. The minimum absolute atomic E-state index is 0.366. The van der Waals surface area contributed by atoms with Gasteiger partial charge in [-0.25, -0.2) is 0 Å². The number of rotatable bonds is 4. The van der Waals surface area contributed by atoms with Crippen LogP contribution in [0.1, 0.15) is 44.7 Å². The fourth-order valence-corrected chi connectivity index (χ4v) is 2.99. The summed E-state index contributed by atoms with van der Waals surface area (Å²) in [4.78, 5) is 12.0. The van der Waals surface area contributed by atoms with Gasteiger partial charge in [0, 0.05) is 0 Å². The summed E-state index contributed by atoms with van der Waals surface area (Å²) in [7, 11) is -0.414. The number of carbonyl (C=O) groups is 1. The number of hydrogen-bond donors (Lipinski definition) is 1. The van der Waals surface area contributed by atoms with Gasteiger partial charge in [0.1, 0.15) is 0 Å². The van der Waals surface area contributed by atoms with Crippen LogP contribution in [0.5, 0.6) is 0 Å². The van der Waals surface area contributed by atoms with Crippen LogP contribution in [-0.2, 0) is 14.1 Å². The van der Waals surface area contributed by atoms with E-state index in [2.05, 4.69) is 0 Å². The number of primary amides is 1. The average molecular weight is 337 g/mol. The zero-order valence-corrected chi connectivity index (χ0v) is 15.2. The summed E-state index contributed by atoms with van der Waals surface area (Å²) in [5, 5.41) is 0. The molecule has 5 heteroatoms. The number of amides is 1. The van der Waals surface area contributed by atoms with Gasteiger partial charge in [-0.1, -0.05) is 54.6 Å². The first kappa shape index (κ1) is 17.7. The summed E-state index contributed by atoms with van der Waals surface area (Å²) in [5.74, 6) is -0.830. The Hall–Kier alpha value is -2.11. The largest absolute Gasteiger partial charge is 0.494 e. The Morgan fingerprint density at radius 1 is 0.880 bits per heavy atom. The fourth-order valence-electron chi connectivity index (χ4n) is 2.99. The summed E-state index contributed by atoms with van der Waals surface area (Å²) >= 11 is 0. The van der Waals surface area contributed by atoms with Crippen molar-refractivity contribution in [3.05, 3.63) is 65.7 Å². The van der Waals surface area contributed by atoms with E-state index < -0.39 is 13.0 Å². The van der Waals surface area contributed by atoms with Crippen molar-refractivity contribution in [2.75, 3.05) is 0 Å². The minimum Gasteiger partial charge on any atom is -0.399 e. The lowest BCUT2D eigenvalue weighted by Crippen LogP contribution is -2.41. The Morgan fingerprint density at radius 2 is 1.36 bits per heavy atom. The SMILES string of the molecule is CC1(C)OB(c2ccc(C(C(N)=O)c3ccccc3)cc2)OC1(C)C. The van der Waals surface area contributed by atoms with Gasteiger partial charge in [0.2, 0.25) is 5.91 Å². The second-order valence-corrected chi connectivity index (χ2v) is 7.50. The second kappa shape index (κ2) is 6.32. The number of nitrogens with two attached hydrogens (primary N) is 1. The highest BCUT2D eigenvalue weighted by Gasteiger charge is 2.51. The minimum atomic E-state index is -0.464. The Kier molecular flexibility index (Phi) is 4.48. The molecule has 0 aliphatic carbocycles. The van der Waals surface area contributed by atoms with Crippen LogP contribution in [0.3, 0.4) is 0 Å².